The van der Waals surface area contributed by atoms with Crippen LogP contribution in [0.1, 0.15) is 30.3 Å². The molecule has 1 aromatic heterocycles. The topological polar surface area (TPSA) is 67.2 Å². The highest BCUT2D eigenvalue weighted by Crippen LogP contribution is 2.19. The van der Waals surface area contributed by atoms with E-state index in [-0.39, 0.29) is 36.2 Å². The maximum Gasteiger partial charge on any atom is 0.290 e. The molecule has 1 saturated heterocycles. The number of hydrogen-bond acceptors (Lipinski definition) is 4. The molecule has 5 nitrogen and oxygen atoms in total. The van der Waals surface area contributed by atoms with E-state index in [0.29, 0.717) is 5.69 Å². The summed E-state index contributed by atoms with van der Waals surface area (Å²) < 4.78 is 5.18. The van der Waals surface area contributed by atoms with Gasteiger partial charge in [-0.05, 0) is 26.3 Å². The molecule has 2 heterocycles. The van der Waals surface area contributed by atoms with Crippen LogP contribution in [-0.4, -0.2) is 29.7 Å². The average Bonchev–Trinajstić information content (AvgIpc) is 3.00. The van der Waals surface area contributed by atoms with Crippen LogP contribution >= 0.6 is 12.4 Å². The smallest absolute Gasteiger partial charge is 0.290 e. The van der Waals surface area contributed by atoms with E-state index in [9.17, 15) is 4.79 Å². The van der Waals surface area contributed by atoms with Crippen LogP contribution in [-0.2, 0) is 0 Å². The molecule has 1 aliphatic heterocycles. The number of halogens is 1. The third-order valence-electron chi connectivity index (χ3n) is 3.88. The zero-order valence-corrected chi connectivity index (χ0v) is 13.2. The Hall–Kier alpha value is -1.85. The Kier molecular flexibility index (Phi) is 5.57. The van der Waals surface area contributed by atoms with Crippen LogP contribution in [0.4, 0.5) is 0 Å². The van der Waals surface area contributed by atoms with Gasteiger partial charge in [-0.3, -0.25) is 4.79 Å². The number of hydrogen-bond donors (Lipinski definition) is 2. The van der Waals surface area contributed by atoms with E-state index in [0.717, 1.165) is 24.9 Å². The zero-order valence-electron chi connectivity index (χ0n) is 12.4. The molecule has 1 amide bonds. The molecule has 0 bridgehead atoms. The molecule has 0 spiro atoms. The zero-order chi connectivity index (χ0) is 14.7. The van der Waals surface area contributed by atoms with Crippen LogP contribution in [0.2, 0.25) is 0 Å². The van der Waals surface area contributed by atoms with Crippen molar-refractivity contribution in [3.05, 3.63) is 42.2 Å². The number of piperidine rings is 1. The molecule has 2 aromatic rings. The van der Waals surface area contributed by atoms with E-state index in [2.05, 4.69) is 22.7 Å². The second-order valence-electron chi connectivity index (χ2n) is 5.41. The largest absolute Gasteiger partial charge is 0.350 e. The van der Waals surface area contributed by atoms with Gasteiger partial charge in [0.2, 0.25) is 5.76 Å². The molecular formula is C16H20ClN3O2. The van der Waals surface area contributed by atoms with Gasteiger partial charge in [-0.1, -0.05) is 35.5 Å². The van der Waals surface area contributed by atoms with Gasteiger partial charge >= 0.3 is 0 Å². The summed E-state index contributed by atoms with van der Waals surface area (Å²) in [4.78, 5) is 12.2. The van der Waals surface area contributed by atoms with Crippen molar-refractivity contribution in [1.29, 1.82) is 0 Å². The SMILES string of the molecule is CC1NCCCC1NC(=O)c1cc(-c2ccccc2)no1.Cl. The quantitative estimate of drug-likeness (QED) is 0.912. The standard InChI is InChI=1S/C16H19N3O2.ClH/c1-11-13(8-5-9-17-11)18-16(20)15-10-14(19-21-15)12-6-3-2-4-7-12;/h2-4,6-7,10-11,13,17H,5,8-9H2,1H3,(H,18,20);1H. The predicted octanol–water partition coefficient (Wildman–Crippen LogP) is 2.63. The Morgan fingerprint density at radius 2 is 2.14 bits per heavy atom. The fourth-order valence-electron chi connectivity index (χ4n) is 2.61. The molecule has 1 aliphatic rings. The normalized spacial score (nSPS) is 21.0. The first-order chi connectivity index (χ1) is 10.2. The van der Waals surface area contributed by atoms with Gasteiger partial charge in [0.05, 0.1) is 0 Å². The molecule has 2 atom stereocenters. The molecule has 3 rings (SSSR count). The highest BCUT2D eigenvalue weighted by atomic mass is 35.5. The molecular weight excluding hydrogens is 302 g/mol. The summed E-state index contributed by atoms with van der Waals surface area (Å²) in [5.41, 5.74) is 1.61. The average molecular weight is 322 g/mol. The van der Waals surface area contributed by atoms with E-state index in [1.807, 2.05) is 30.3 Å². The third-order valence-corrected chi connectivity index (χ3v) is 3.88. The summed E-state index contributed by atoms with van der Waals surface area (Å²) in [6.07, 6.45) is 2.06. The Morgan fingerprint density at radius 3 is 2.86 bits per heavy atom. The van der Waals surface area contributed by atoms with Gasteiger partial charge in [-0.15, -0.1) is 12.4 Å². The molecule has 118 valence electrons. The monoisotopic (exact) mass is 321 g/mol. The van der Waals surface area contributed by atoms with Crippen molar-refractivity contribution in [3.63, 3.8) is 0 Å². The molecule has 1 aromatic carbocycles. The van der Waals surface area contributed by atoms with Crippen LogP contribution in [0.5, 0.6) is 0 Å². The van der Waals surface area contributed by atoms with E-state index < -0.39 is 0 Å². The Balaban J connectivity index is 0.00000176. The van der Waals surface area contributed by atoms with Crippen LogP contribution in [0.25, 0.3) is 11.3 Å². The lowest BCUT2D eigenvalue weighted by Gasteiger charge is -2.30. The first kappa shape index (κ1) is 16.5. The van der Waals surface area contributed by atoms with Gasteiger partial charge in [0.1, 0.15) is 5.69 Å². The van der Waals surface area contributed by atoms with Crippen molar-refractivity contribution in [3.8, 4) is 11.3 Å². The fourth-order valence-corrected chi connectivity index (χ4v) is 2.61. The van der Waals surface area contributed by atoms with E-state index >= 15 is 0 Å². The third kappa shape index (κ3) is 3.67. The van der Waals surface area contributed by atoms with Crippen molar-refractivity contribution in [1.82, 2.24) is 15.8 Å². The summed E-state index contributed by atoms with van der Waals surface area (Å²) in [5, 5.41) is 10.3. The number of carbonyl (C=O) groups excluding carboxylic acids is 1. The minimum atomic E-state index is -0.203. The van der Waals surface area contributed by atoms with Gasteiger partial charge in [0.25, 0.3) is 5.91 Å². The van der Waals surface area contributed by atoms with E-state index in [4.69, 9.17) is 4.52 Å². The second-order valence-corrected chi connectivity index (χ2v) is 5.41. The number of aromatic nitrogens is 1. The highest BCUT2D eigenvalue weighted by Gasteiger charge is 2.24. The van der Waals surface area contributed by atoms with E-state index in [1.54, 1.807) is 6.07 Å². The molecule has 6 heteroatoms. The van der Waals surface area contributed by atoms with Gasteiger partial charge in [0.15, 0.2) is 0 Å². The Bertz CT molecular complexity index is 615. The second kappa shape index (κ2) is 7.42. The Labute approximate surface area is 135 Å². The summed E-state index contributed by atoms with van der Waals surface area (Å²) in [6.45, 7) is 3.09. The molecule has 0 saturated carbocycles. The molecule has 22 heavy (non-hydrogen) atoms. The summed E-state index contributed by atoms with van der Waals surface area (Å²) in [6, 6.07) is 11.8. The van der Waals surface area contributed by atoms with Crippen molar-refractivity contribution >= 4 is 18.3 Å². The van der Waals surface area contributed by atoms with Crippen LogP contribution in [0.3, 0.4) is 0 Å². The lowest BCUT2D eigenvalue weighted by atomic mass is 10.00. The molecule has 0 aliphatic carbocycles. The van der Waals surface area contributed by atoms with Crippen molar-refractivity contribution in [2.75, 3.05) is 6.54 Å². The molecule has 2 unspecified atom stereocenters. The lowest BCUT2D eigenvalue weighted by Crippen LogP contribution is -2.51. The fraction of sp³-hybridized carbons (Fsp3) is 0.375. The summed E-state index contributed by atoms with van der Waals surface area (Å²) in [7, 11) is 0. The summed E-state index contributed by atoms with van der Waals surface area (Å²) >= 11 is 0. The van der Waals surface area contributed by atoms with Gasteiger partial charge < -0.3 is 15.2 Å². The van der Waals surface area contributed by atoms with Crippen molar-refractivity contribution in [2.24, 2.45) is 0 Å². The highest BCUT2D eigenvalue weighted by molar-refractivity contribution is 5.92. The number of carbonyl (C=O) groups is 1. The number of amides is 1. The van der Waals surface area contributed by atoms with Crippen LogP contribution in [0.15, 0.2) is 40.9 Å². The number of nitrogens with one attached hydrogen (secondary N) is 2. The van der Waals surface area contributed by atoms with E-state index in [1.165, 1.54) is 0 Å². The number of rotatable bonds is 3. The first-order valence-electron chi connectivity index (χ1n) is 7.30. The number of nitrogens with zero attached hydrogens (tertiary/aromatic N) is 1. The molecule has 1 fully saturated rings. The lowest BCUT2D eigenvalue weighted by molar-refractivity contribution is 0.0882. The summed E-state index contributed by atoms with van der Waals surface area (Å²) in [5.74, 6) is 0.0526. The molecule has 0 radical (unpaired) electrons. The number of benzene rings is 1. The molecule has 2 N–H and O–H groups in total. The van der Waals surface area contributed by atoms with Crippen molar-refractivity contribution < 1.29 is 9.32 Å². The van der Waals surface area contributed by atoms with Gasteiger partial charge in [0, 0.05) is 23.7 Å². The predicted molar refractivity (Wildman–Crippen MR) is 87.1 cm³/mol. The maximum absolute atomic E-state index is 12.2. The van der Waals surface area contributed by atoms with Crippen LogP contribution < -0.4 is 10.6 Å². The van der Waals surface area contributed by atoms with Gasteiger partial charge in [-0.2, -0.15) is 0 Å². The Morgan fingerprint density at radius 1 is 1.36 bits per heavy atom. The minimum absolute atomic E-state index is 0. The minimum Gasteiger partial charge on any atom is -0.350 e. The maximum atomic E-state index is 12.2. The van der Waals surface area contributed by atoms with Crippen molar-refractivity contribution in [2.45, 2.75) is 31.8 Å². The van der Waals surface area contributed by atoms with Gasteiger partial charge in [-0.25, -0.2) is 0 Å². The first-order valence-corrected chi connectivity index (χ1v) is 7.30. The van der Waals surface area contributed by atoms with Crippen LogP contribution in [0, 0.1) is 0 Å².